The molecule has 0 bridgehead atoms. The number of aryl methyl sites for hydroxylation is 2. The summed E-state index contributed by atoms with van der Waals surface area (Å²) in [4.78, 5) is 23.9. The Bertz CT molecular complexity index is 831. The molecule has 0 heterocycles. The van der Waals surface area contributed by atoms with Crippen molar-refractivity contribution in [3.8, 4) is 5.75 Å². The van der Waals surface area contributed by atoms with Crippen LogP contribution >= 0.6 is 0 Å². The van der Waals surface area contributed by atoms with Gasteiger partial charge in [-0.3, -0.25) is 9.59 Å². The van der Waals surface area contributed by atoms with E-state index in [1.807, 2.05) is 24.3 Å². The summed E-state index contributed by atoms with van der Waals surface area (Å²) in [6, 6.07) is 13.5. The average Bonchev–Trinajstić information content (AvgIpc) is 3.13. The van der Waals surface area contributed by atoms with Gasteiger partial charge < -0.3 is 15.2 Å². The quantitative estimate of drug-likeness (QED) is 0.752. The van der Waals surface area contributed by atoms with Crippen LogP contribution < -0.4 is 10.1 Å². The summed E-state index contributed by atoms with van der Waals surface area (Å²) in [6.07, 6.45) is 3.94. The Labute approximate surface area is 159 Å². The number of ether oxygens (including phenoxy) is 1. The molecule has 2 aromatic rings. The Morgan fingerprint density at radius 3 is 2.70 bits per heavy atom. The van der Waals surface area contributed by atoms with Gasteiger partial charge in [-0.1, -0.05) is 36.4 Å². The summed E-state index contributed by atoms with van der Waals surface area (Å²) in [6.45, 7) is 0.0944. The van der Waals surface area contributed by atoms with E-state index in [0.29, 0.717) is 12.2 Å². The molecule has 1 amide bonds. The summed E-state index contributed by atoms with van der Waals surface area (Å²) in [7, 11) is 1.56. The number of aliphatic carboxylic acids is 1. The molecule has 0 aromatic heterocycles. The molecule has 27 heavy (non-hydrogen) atoms. The van der Waals surface area contributed by atoms with Crippen LogP contribution in [0.25, 0.3) is 0 Å². The number of para-hydroxylation sites is 1. The highest BCUT2D eigenvalue weighted by Crippen LogP contribution is 2.23. The minimum atomic E-state index is -0.932. The lowest BCUT2D eigenvalue weighted by atomic mass is 9.98. The fourth-order valence-corrected chi connectivity index (χ4v) is 3.60. The number of carbonyl (C=O) groups is 2. The van der Waals surface area contributed by atoms with Crippen LogP contribution in [0.4, 0.5) is 0 Å². The van der Waals surface area contributed by atoms with E-state index in [2.05, 4.69) is 17.4 Å². The number of hydrogen-bond donors (Lipinski definition) is 2. The van der Waals surface area contributed by atoms with Crippen LogP contribution in [0.1, 0.15) is 28.7 Å². The number of hydrogen-bond acceptors (Lipinski definition) is 3. The fraction of sp³-hybridized carbons (Fsp3) is 0.364. The number of carbonyl (C=O) groups excluding carboxylic acids is 1. The van der Waals surface area contributed by atoms with Gasteiger partial charge in [0.2, 0.25) is 5.91 Å². The first-order valence-corrected chi connectivity index (χ1v) is 9.29. The van der Waals surface area contributed by atoms with E-state index >= 15 is 0 Å². The third-order valence-corrected chi connectivity index (χ3v) is 5.08. The van der Waals surface area contributed by atoms with Gasteiger partial charge in [-0.2, -0.15) is 0 Å². The third kappa shape index (κ3) is 4.88. The van der Waals surface area contributed by atoms with Crippen molar-refractivity contribution in [3.05, 3.63) is 64.7 Å². The lowest BCUT2D eigenvalue weighted by Crippen LogP contribution is -2.35. The molecule has 2 N–H and O–H groups in total. The van der Waals surface area contributed by atoms with Crippen LogP contribution in [-0.2, 0) is 35.3 Å². The lowest BCUT2D eigenvalue weighted by Gasteiger charge is -2.15. The van der Waals surface area contributed by atoms with Crippen molar-refractivity contribution in [3.63, 3.8) is 0 Å². The highest BCUT2D eigenvalue weighted by Gasteiger charge is 2.21. The molecule has 0 spiro atoms. The number of carboxylic acids is 1. The zero-order chi connectivity index (χ0) is 19.2. The van der Waals surface area contributed by atoms with Gasteiger partial charge in [0, 0.05) is 6.54 Å². The molecule has 5 heteroatoms. The van der Waals surface area contributed by atoms with Gasteiger partial charge in [-0.25, -0.2) is 0 Å². The number of amides is 1. The maximum atomic E-state index is 12.3. The second-order valence-corrected chi connectivity index (χ2v) is 6.99. The van der Waals surface area contributed by atoms with E-state index in [1.54, 1.807) is 13.2 Å². The number of benzene rings is 2. The second kappa shape index (κ2) is 8.71. The Kier molecular flexibility index (Phi) is 6.12. The standard InChI is InChI=1S/C22H25NO4/c1-27-20-8-3-2-5-18(20)13-19(22(25)26)14-23-21(24)12-15-9-10-16-6-4-7-17(16)11-15/h2-3,5,8-11,19H,4,6-7,12-14H2,1H3,(H,23,24)(H,25,26). The lowest BCUT2D eigenvalue weighted by molar-refractivity contribution is -0.141. The van der Waals surface area contributed by atoms with E-state index in [-0.39, 0.29) is 18.9 Å². The van der Waals surface area contributed by atoms with Gasteiger partial charge in [0.05, 0.1) is 19.4 Å². The van der Waals surface area contributed by atoms with Crippen molar-refractivity contribution < 1.29 is 19.4 Å². The molecular weight excluding hydrogens is 342 g/mol. The molecule has 2 aromatic carbocycles. The first-order valence-electron chi connectivity index (χ1n) is 9.29. The Hall–Kier alpha value is -2.82. The number of fused-ring (bicyclic) bond motifs is 1. The largest absolute Gasteiger partial charge is 0.496 e. The number of methoxy groups -OCH3 is 1. The van der Waals surface area contributed by atoms with Crippen molar-refractivity contribution in [2.45, 2.75) is 32.1 Å². The Balaban J connectivity index is 1.57. The normalized spacial score (nSPS) is 13.7. The van der Waals surface area contributed by atoms with Gasteiger partial charge in [0.25, 0.3) is 0 Å². The van der Waals surface area contributed by atoms with Crippen LogP contribution in [0, 0.1) is 5.92 Å². The summed E-state index contributed by atoms with van der Waals surface area (Å²) >= 11 is 0. The van der Waals surface area contributed by atoms with Gasteiger partial charge >= 0.3 is 5.97 Å². The van der Waals surface area contributed by atoms with Crippen molar-refractivity contribution in [1.82, 2.24) is 5.32 Å². The SMILES string of the molecule is COc1ccccc1CC(CNC(=O)Cc1ccc2c(c1)CCC2)C(=O)O. The van der Waals surface area contributed by atoms with Crippen LogP contribution in [0.15, 0.2) is 42.5 Å². The fourth-order valence-electron chi connectivity index (χ4n) is 3.60. The monoisotopic (exact) mass is 367 g/mol. The summed E-state index contributed by atoms with van der Waals surface area (Å²) in [5.41, 5.74) is 4.51. The molecule has 0 radical (unpaired) electrons. The Morgan fingerprint density at radius 2 is 1.93 bits per heavy atom. The molecule has 1 aliphatic rings. The van der Waals surface area contributed by atoms with Gasteiger partial charge in [0.15, 0.2) is 0 Å². The Morgan fingerprint density at radius 1 is 1.15 bits per heavy atom. The van der Waals surface area contributed by atoms with Gasteiger partial charge in [-0.05, 0) is 54.0 Å². The number of rotatable bonds is 8. The van der Waals surface area contributed by atoms with E-state index in [9.17, 15) is 14.7 Å². The van der Waals surface area contributed by atoms with Crippen molar-refractivity contribution in [2.24, 2.45) is 5.92 Å². The molecule has 0 saturated heterocycles. The van der Waals surface area contributed by atoms with Crippen LogP contribution in [0.5, 0.6) is 5.75 Å². The van der Waals surface area contributed by atoms with E-state index < -0.39 is 11.9 Å². The zero-order valence-corrected chi connectivity index (χ0v) is 15.5. The highest BCUT2D eigenvalue weighted by atomic mass is 16.5. The molecule has 1 unspecified atom stereocenters. The van der Waals surface area contributed by atoms with E-state index in [1.165, 1.54) is 17.5 Å². The molecule has 5 nitrogen and oxygen atoms in total. The van der Waals surface area contributed by atoms with E-state index in [4.69, 9.17) is 4.74 Å². The maximum Gasteiger partial charge on any atom is 0.308 e. The minimum absolute atomic E-state index is 0.0944. The first-order chi connectivity index (χ1) is 13.1. The van der Waals surface area contributed by atoms with Crippen LogP contribution in [0.3, 0.4) is 0 Å². The smallest absolute Gasteiger partial charge is 0.308 e. The number of nitrogens with one attached hydrogen (secondary N) is 1. The predicted octanol–water partition coefficient (Wildman–Crippen LogP) is 2.79. The van der Waals surface area contributed by atoms with Crippen molar-refractivity contribution >= 4 is 11.9 Å². The summed E-state index contributed by atoms with van der Waals surface area (Å²) < 4.78 is 5.29. The second-order valence-electron chi connectivity index (χ2n) is 6.99. The van der Waals surface area contributed by atoms with Crippen molar-refractivity contribution in [1.29, 1.82) is 0 Å². The average molecular weight is 367 g/mol. The van der Waals surface area contributed by atoms with Gasteiger partial charge in [0.1, 0.15) is 5.75 Å². The molecule has 0 fully saturated rings. The maximum absolute atomic E-state index is 12.3. The van der Waals surface area contributed by atoms with Gasteiger partial charge in [-0.15, -0.1) is 0 Å². The molecule has 142 valence electrons. The third-order valence-electron chi connectivity index (χ3n) is 5.08. The summed E-state index contributed by atoms with van der Waals surface area (Å²) in [5, 5.41) is 12.3. The zero-order valence-electron chi connectivity index (χ0n) is 15.5. The minimum Gasteiger partial charge on any atom is -0.496 e. The molecular formula is C22H25NO4. The molecule has 1 aliphatic carbocycles. The molecule has 1 atom stereocenters. The van der Waals surface area contributed by atoms with Crippen LogP contribution in [0.2, 0.25) is 0 Å². The van der Waals surface area contributed by atoms with E-state index in [0.717, 1.165) is 24.0 Å². The predicted molar refractivity (Wildman–Crippen MR) is 103 cm³/mol. The van der Waals surface area contributed by atoms with Crippen molar-refractivity contribution in [2.75, 3.05) is 13.7 Å². The highest BCUT2D eigenvalue weighted by molar-refractivity contribution is 5.79. The number of carboxylic acid groups (broad SMARTS) is 1. The molecule has 3 rings (SSSR count). The molecule has 0 saturated carbocycles. The molecule has 0 aliphatic heterocycles. The first kappa shape index (κ1) is 19.0. The van der Waals surface area contributed by atoms with Crippen LogP contribution in [-0.4, -0.2) is 30.6 Å². The summed E-state index contributed by atoms with van der Waals surface area (Å²) in [5.74, 6) is -1.13. The topological polar surface area (TPSA) is 75.6 Å².